The summed E-state index contributed by atoms with van der Waals surface area (Å²) in [6.07, 6.45) is 1.81. The van der Waals surface area contributed by atoms with Crippen molar-refractivity contribution in [2.75, 3.05) is 18.4 Å². The van der Waals surface area contributed by atoms with Crippen LogP contribution in [0.5, 0.6) is 0 Å². The Kier molecular flexibility index (Phi) is 4.32. The molecule has 4 rings (SSSR count). The Hall–Kier alpha value is -2.53. The average Bonchev–Trinajstić information content (AvgIpc) is 3.06. The number of nitrogens with one attached hydrogen (secondary N) is 2. The molecule has 0 radical (unpaired) electrons. The Balaban J connectivity index is 1.38. The monoisotopic (exact) mass is 354 g/mol. The van der Waals surface area contributed by atoms with Crippen LogP contribution in [0.4, 0.5) is 10.5 Å². The molecule has 1 aromatic heterocycles. The normalized spacial score (nSPS) is 15.5. The summed E-state index contributed by atoms with van der Waals surface area (Å²) < 4.78 is 0. The number of urea groups is 1. The van der Waals surface area contributed by atoms with Crippen molar-refractivity contribution in [3.63, 3.8) is 0 Å². The summed E-state index contributed by atoms with van der Waals surface area (Å²) in [5.41, 5.74) is 2.79. The second-order valence-corrected chi connectivity index (χ2v) is 6.78. The Labute approximate surface area is 151 Å². The highest BCUT2D eigenvalue weighted by Gasteiger charge is 2.25. The van der Waals surface area contributed by atoms with Gasteiger partial charge in [-0.1, -0.05) is 29.8 Å². The van der Waals surface area contributed by atoms with Gasteiger partial charge in [0.15, 0.2) is 0 Å². The van der Waals surface area contributed by atoms with Gasteiger partial charge in [-0.2, -0.15) is 0 Å². The van der Waals surface area contributed by atoms with E-state index < -0.39 is 0 Å². The van der Waals surface area contributed by atoms with Crippen molar-refractivity contribution in [2.24, 2.45) is 0 Å². The number of halogens is 1. The number of amides is 2. The number of para-hydroxylation sites is 2. The van der Waals surface area contributed by atoms with Gasteiger partial charge in [0.2, 0.25) is 0 Å². The first-order valence-electron chi connectivity index (χ1n) is 8.45. The number of hydrogen-bond acceptors (Lipinski definition) is 2. The van der Waals surface area contributed by atoms with Crippen molar-refractivity contribution in [1.29, 1.82) is 0 Å². The van der Waals surface area contributed by atoms with Crippen molar-refractivity contribution in [1.82, 2.24) is 14.9 Å². The molecule has 0 saturated carbocycles. The number of hydrogen-bond donors (Lipinski definition) is 2. The molecule has 5 nitrogen and oxygen atoms in total. The zero-order chi connectivity index (χ0) is 17.2. The number of aromatic nitrogens is 2. The van der Waals surface area contributed by atoms with E-state index in [-0.39, 0.29) is 6.03 Å². The molecular formula is C19H19ClN4O. The topological polar surface area (TPSA) is 61.0 Å². The predicted octanol–water partition coefficient (Wildman–Crippen LogP) is 4.63. The highest BCUT2D eigenvalue weighted by molar-refractivity contribution is 6.30. The first-order valence-corrected chi connectivity index (χ1v) is 8.83. The molecule has 2 N–H and O–H groups in total. The predicted molar refractivity (Wildman–Crippen MR) is 100 cm³/mol. The number of rotatable bonds is 2. The summed E-state index contributed by atoms with van der Waals surface area (Å²) in [5, 5.41) is 3.52. The molecule has 6 heteroatoms. The third-order valence-electron chi connectivity index (χ3n) is 4.65. The molecule has 0 bridgehead atoms. The van der Waals surface area contributed by atoms with Crippen LogP contribution >= 0.6 is 11.6 Å². The lowest BCUT2D eigenvalue weighted by molar-refractivity contribution is 0.193. The minimum absolute atomic E-state index is 0.0784. The van der Waals surface area contributed by atoms with E-state index in [9.17, 15) is 4.79 Å². The standard InChI is InChI=1S/C19H19ClN4O/c20-14-4-3-5-15(12-14)21-19(25)24-10-8-13(9-11-24)18-22-16-6-1-2-7-17(16)23-18/h1-7,12-13H,8-11H2,(H,21,25)(H,22,23). The number of aromatic amines is 1. The quantitative estimate of drug-likeness (QED) is 0.705. The van der Waals surface area contributed by atoms with Crippen LogP contribution in [0.15, 0.2) is 48.5 Å². The van der Waals surface area contributed by atoms with Crippen LogP contribution in [0.1, 0.15) is 24.6 Å². The van der Waals surface area contributed by atoms with Crippen LogP contribution < -0.4 is 5.32 Å². The molecule has 0 atom stereocenters. The Bertz CT molecular complexity index is 866. The lowest BCUT2D eigenvalue weighted by Gasteiger charge is -2.31. The molecule has 128 valence electrons. The van der Waals surface area contributed by atoms with Crippen LogP contribution in [-0.2, 0) is 0 Å². The van der Waals surface area contributed by atoms with Crippen LogP contribution in [0.3, 0.4) is 0 Å². The Morgan fingerprint density at radius 2 is 1.96 bits per heavy atom. The van der Waals surface area contributed by atoms with Crippen molar-refractivity contribution >= 4 is 34.4 Å². The van der Waals surface area contributed by atoms with E-state index in [0.29, 0.717) is 24.0 Å². The van der Waals surface area contributed by atoms with Gasteiger partial charge in [0.05, 0.1) is 11.0 Å². The average molecular weight is 355 g/mol. The molecular weight excluding hydrogens is 336 g/mol. The highest BCUT2D eigenvalue weighted by Crippen LogP contribution is 2.28. The molecule has 2 amide bonds. The molecule has 2 aromatic carbocycles. The van der Waals surface area contributed by atoms with Crippen molar-refractivity contribution in [2.45, 2.75) is 18.8 Å². The van der Waals surface area contributed by atoms with Gasteiger partial charge < -0.3 is 15.2 Å². The number of fused-ring (bicyclic) bond motifs is 1. The maximum absolute atomic E-state index is 12.4. The zero-order valence-electron chi connectivity index (χ0n) is 13.7. The number of carbonyl (C=O) groups excluding carboxylic acids is 1. The molecule has 0 unspecified atom stereocenters. The lowest BCUT2D eigenvalue weighted by Crippen LogP contribution is -2.40. The summed E-state index contributed by atoms with van der Waals surface area (Å²) in [4.78, 5) is 22.4. The molecule has 2 heterocycles. The molecule has 25 heavy (non-hydrogen) atoms. The molecule has 0 spiro atoms. The van der Waals surface area contributed by atoms with Gasteiger partial charge in [-0.15, -0.1) is 0 Å². The van der Waals surface area contributed by atoms with E-state index >= 15 is 0 Å². The third kappa shape index (κ3) is 3.46. The van der Waals surface area contributed by atoms with E-state index in [4.69, 9.17) is 16.6 Å². The SMILES string of the molecule is O=C(Nc1cccc(Cl)c1)N1CCC(c2nc3ccccc3[nH]2)CC1. The minimum Gasteiger partial charge on any atom is -0.342 e. The number of piperidine rings is 1. The molecule has 1 saturated heterocycles. The van der Waals surface area contributed by atoms with Gasteiger partial charge in [-0.3, -0.25) is 0 Å². The summed E-state index contributed by atoms with van der Waals surface area (Å²) in [5.74, 6) is 1.39. The number of benzene rings is 2. The molecule has 3 aromatic rings. The number of likely N-dealkylation sites (tertiary alicyclic amines) is 1. The highest BCUT2D eigenvalue weighted by atomic mass is 35.5. The number of carbonyl (C=O) groups is 1. The summed E-state index contributed by atoms with van der Waals surface area (Å²) in [6.45, 7) is 1.43. The fraction of sp³-hybridized carbons (Fsp3) is 0.263. The van der Waals surface area contributed by atoms with Gasteiger partial charge in [0.25, 0.3) is 0 Å². The summed E-state index contributed by atoms with van der Waals surface area (Å²) >= 11 is 5.96. The zero-order valence-corrected chi connectivity index (χ0v) is 14.5. The number of anilines is 1. The summed E-state index contributed by atoms with van der Waals surface area (Å²) in [6, 6.07) is 15.2. The van der Waals surface area contributed by atoms with Crippen LogP contribution in [0, 0.1) is 0 Å². The van der Waals surface area contributed by atoms with Gasteiger partial charge >= 0.3 is 6.03 Å². The second kappa shape index (κ2) is 6.76. The van der Waals surface area contributed by atoms with E-state index in [0.717, 1.165) is 35.4 Å². The largest absolute Gasteiger partial charge is 0.342 e. The Morgan fingerprint density at radius 3 is 2.72 bits per heavy atom. The maximum Gasteiger partial charge on any atom is 0.321 e. The molecule has 1 aliphatic heterocycles. The van der Waals surface area contributed by atoms with Crippen molar-refractivity contribution in [3.05, 3.63) is 59.4 Å². The van der Waals surface area contributed by atoms with E-state index in [1.54, 1.807) is 12.1 Å². The smallest absolute Gasteiger partial charge is 0.321 e. The van der Waals surface area contributed by atoms with Gasteiger partial charge in [-0.05, 0) is 43.2 Å². The number of H-pyrrole nitrogens is 1. The van der Waals surface area contributed by atoms with E-state index in [1.807, 2.05) is 41.3 Å². The van der Waals surface area contributed by atoms with Gasteiger partial charge in [-0.25, -0.2) is 9.78 Å². The second-order valence-electron chi connectivity index (χ2n) is 6.34. The summed E-state index contributed by atoms with van der Waals surface area (Å²) in [7, 11) is 0. The molecule has 1 fully saturated rings. The fourth-order valence-electron chi connectivity index (χ4n) is 3.29. The van der Waals surface area contributed by atoms with Crippen molar-refractivity contribution in [3.8, 4) is 0 Å². The van der Waals surface area contributed by atoms with Crippen molar-refractivity contribution < 1.29 is 4.79 Å². The van der Waals surface area contributed by atoms with Crippen LogP contribution in [0.25, 0.3) is 11.0 Å². The third-order valence-corrected chi connectivity index (χ3v) is 4.89. The Morgan fingerprint density at radius 1 is 1.16 bits per heavy atom. The lowest BCUT2D eigenvalue weighted by atomic mass is 9.96. The number of imidazole rings is 1. The van der Waals surface area contributed by atoms with Crippen LogP contribution in [0.2, 0.25) is 5.02 Å². The van der Waals surface area contributed by atoms with Gasteiger partial charge in [0, 0.05) is 29.7 Å². The molecule has 1 aliphatic rings. The number of nitrogens with zero attached hydrogens (tertiary/aromatic N) is 2. The van der Waals surface area contributed by atoms with Gasteiger partial charge in [0.1, 0.15) is 5.82 Å². The maximum atomic E-state index is 12.4. The van der Waals surface area contributed by atoms with E-state index in [1.165, 1.54) is 0 Å². The minimum atomic E-state index is -0.0784. The first kappa shape index (κ1) is 16.0. The fourth-order valence-corrected chi connectivity index (χ4v) is 3.48. The first-order chi connectivity index (χ1) is 12.2. The van der Waals surface area contributed by atoms with Crippen LogP contribution in [-0.4, -0.2) is 34.0 Å². The van der Waals surface area contributed by atoms with E-state index in [2.05, 4.69) is 10.3 Å². The molecule has 0 aliphatic carbocycles.